The van der Waals surface area contributed by atoms with Gasteiger partial charge in [0.15, 0.2) is 17.2 Å². The molecule has 34 heavy (non-hydrogen) atoms. The highest BCUT2D eigenvalue weighted by Crippen LogP contribution is 2.31. The molecule has 0 amide bonds. The molecular formula is C25H19FN2O6. The van der Waals surface area contributed by atoms with E-state index in [4.69, 9.17) is 14.2 Å². The summed E-state index contributed by atoms with van der Waals surface area (Å²) in [7, 11) is 0. The normalized spacial score (nSPS) is 14.0. The third-order valence-corrected chi connectivity index (χ3v) is 4.82. The molecule has 1 heterocycles. The van der Waals surface area contributed by atoms with Gasteiger partial charge in [-0.05, 0) is 60.5 Å². The van der Waals surface area contributed by atoms with Crippen LogP contribution in [-0.2, 0) is 16.1 Å². The predicted molar refractivity (Wildman–Crippen MR) is 122 cm³/mol. The molecule has 3 aromatic rings. The number of carbonyl (C=O) groups excluding carboxylic acids is 1. The Balaban J connectivity index is 1.54. The lowest BCUT2D eigenvalue weighted by Crippen LogP contribution is -2.05. The lowest BCUT2D eigenvalue weighted by molar-refractivity contribution is -0.384. The molecule has 3 aromatic carbocycles. The Morgan fingerprint density at radius 1 is 1.03 bits per heavy atom. The predicted octanol–water partition coefficient (Wildman–Crippen LogP) is 5.06. The number of carbonyl (C=O) groups is 1. The lowest BCUT2D eigenvalue weighted by Gasteiger charge is -2.13. The highest BCUT2D eigenvalue weighted by atomic mass is 19.1. The number of hydrogen-bond donors (Lipinski definition) is 0. The fourth-order valence-corrected chi connectivity index (χ4v) is 3.16. The number of cyclic esters (lactones) is 1. The Bertz CT molecular complexity index is 1280. The summed E-state index contributed by atoms with van der Waals surface area (Å²) >= 11 is 0. The van der Waals surface area contributed by atoms with Gasteiger partial charge in [-0.1, -0.05) is 18.2 Å². The molecule has 0 N–H and O–H groups in total. The summed E-state index contributed by atoms with van der Waals surface area (Å²) < 4.78 is 29.8. The van der Waals surface area contributed by atoms with E-state index >= 15 is 0 Å². The number of ether oxygens (including phenoxy) is 3. The molecule has 0 unspecified atom stereocenters. The molecule has 0 atom stereocenters. The van der Waals surface area contributed by atoms with Gasteiger partial charge in [-0.3, -0.25) is 10.1 Å². The number of nitro benzene ring substituents is 1. The summed E-state index contributed by atoms with van der Waals surface area (Å²) in [5.41, 5.74) is 1.89. The van der Waals surface area contributed by atoms with E-state index in [9.17, 15) is 19.3 Å². The van der Waals surface area contributed by atoms with Crippen molar-refractivity contribution in [3.63, 3.8) is 0 Å². The number of benzene rings is 3. The molecule has 1 aliphatic heterocycles. The maximum absolute atomic E-state index is 13.1. The number of hydrogen-bond acceptors (Lipinski definition) is 7. The smallest absolute Gasteiger partial charge is 0.363 e. The van der Waals surface area contributed by atoms with Gasteiger partial charge in [0.1, 0.15) is 12.4 Å². The van der Waals surface area contributed by atoms with Crippen LogP contribution in [0.3, 0.4) is 0 Å². The third kappa shape index (κ3) is 5.26. The first-order chi connectivity index (χ1) is 16.4. The SMILES string of the molecule is CCOc1cc(/C=C2\N=C(c3ccc([N+](=O)[O-])cc3)OC2=O)ccc1OCc1ccc(F)cc1. The second kappa shape index (κ2) is 9.95. The van der Waals surface area contributed by atoms with Gasteiger partial charge < -0.3 is 14.2 Å². The standard InChI is InChI=1S/C25H19FN2O6/c1-2-32-23-14-17(5-12-22(23)33-15-16-3-8-19(26)9-4-16)13-21-25(29)34-24(27-21)18-6-10-20(11-7-18)28(30)31/h3-14H,2,15H2,1H3/b21-13-. The van der Waals surface area contributed by atoms with Crippen molar-refractivity contribution in [3.8, 4) is 11.5 Å². The average molecular weight is 462 g/mol. The van der Waals surface area contributed by atoms with Crippen molar-refractivity contribution < 1.29 is 28.3 Å². The van der Waals surface area contributed by atoms with Crippen molar-refractivity contribution in [2.75, 3.05) is 6.61 Å². The van der Waals surface area contributed by atoms with E-state index in [-0.39, 0.29) is 29.7 Å². The first-order valence-electron chi connectivity index (χ1n) is 10.3. The average Bonchev–Trinajstić information content (AvgIpc) is 3.20. The van der Waals surface area contributed by atoms with Crippen LogP contribution in [0, 0.1) is 15.9 Å². The Morgan fingerprint density at radius 3 is 2.44 bits per heavy atom. The van der Waals surface area contributed by atoms with E-state index in [1.165, 1.54) is 36.4 Å². The van der Waals surface area contributed by atoms with Gasteiger partial charge in [0, 0.05) is 17.7 Å². The topological polar surface area (TPSA) is 100 Å². The highest BCUT2D eigenvalue weighted by Gasteiger charge is 2.24. The minimum Gasteiger partial charge on any atom is -0.490 e. The van der Waals surface area contributed by atoms with E-state index < -0.39 is 10.9 Å². The molecule has 0 saturated carbocycles. The summed E-state index contributed by atoms with van der Waals surface area (Å²) in [4.78, 5) is 26.8. The summed E-state index contributed by atoms with van der Waals surface area (Å²) in [6.07, 6.45) is 1.55. The van der Waals surface area contributed by atoms with E-state index in [0.29, 0.717) is 29.2 Å². The van der Waals surface area contributed by atoms with Crippen LogP contribution >= 0.6 is 0 Å². The maximum Gasteiger partial charge on any atom is 0.363 e. The number of non-ortho nitro benzene ring substituents is 1. The van der Waals surface area contributed by atoms with Crippen LogP contribution < -0.4 is 9.47 Å². The van der Waals surface area contributed by atoms with Crippen molar-refractivity contribution in [2.24, 2.45) is 4.99 Å². The van der Waals surface area contributed by atoms with E-state index in [2.05, 4.69) is 4.99 Å². The molecular weight excluding hydrogens is 443 g/mol. The number of nitrogens with zero attached hydrogens (tertiary/aromatic N) is 2. The van der Waals surface area contributed by atoms with Crippen molar-refractivity contribution in [2.45, 2.75) is 13.5 Å². The first-order valence-corrected chi connectivity index (χ1v) is 10.3. The molecule has 172 valence electrons. The van der Waals surface area contributed by atoms with Crippen LogP contribution in [0.25, 0.3) is 6.08 Å². The van der Waals surface area contributed by atoms with E-state index in [1.54, 1.807) is 36.4 Å². The second-order valence-electron chi connectivity index (χ2n) is 7.19. The third-order valence-electron chi connectivity index (χ3n) is 4.82. The van der Waals surface area contributed by atoms with Crippen molar-refractivity contribution >= 4 is 23.6 Å². The van der Waals surface area contributed by atoms with Gasteiger partial charge in [-0.25, -0.2) is 14.2 Å². The zero-order chi connectivity index (χ0) is 24.1. The van der Waals surface area contributed by atoms with Gasteiger partial charge >= 0.3 is 5.97 Å². The molecule has 8 nitrogen and oxygen atoms in total. The summed E-state index contributed by atoms with van der Waals surface area (Å²) in [5, 5.41) is 10.8. The van der Waals surface area contributed by atoms with Gasteiger partial charge in [0.2, 0.25) is 5.90 Å². The van der Waals surface area contributed by atoms with Crippen molar-refractivity contribution in [1.29, 1.82) is 0 Å². The Kier molecular flexibility index (Phi) is 6.63. The first kappa shape index (κ1) is 22.7. The van der Waals surface area contributed by atoms with Crippen molar-refractivity contribution in [3.05, 3.63) is 105 Å². The Hall–Kier alpha value is -4.53. The summed E-state index contributed by atoms with van der Waals surface area (Å²) in [6, 6.07) is 16.7. The Labute approximate surface area is 194 Å². The highest BCUT2D eigenvalue weighted by molar-refractivity contribution is 6.12. The zero-order valence-electron chi connectivity index (χ0n) is 18.1. The van der Waals surface area contributed by atoms with Crippen molar-refractivity contribution in [1.82, 2.24) is 0 Å². The van der Waals surface area contributed by atoms with Gasteiger partial charge in [-0.15, -0.1) is 0 Å². The van der Waals surface area contributed by atoms with Crippen LogP contribution in [0.15, 0.2) is 77.4 Å². The minimum absolute atomic E-state index is 0.0652. The number of esters is 1. The molecule has 0 saturated heterocycles. The van der Waals surface area contributed by atoms with E-state index in [1.807, 2.05) is 6.92 Å². The summed E-state index contributed by atoms with van der Waals surface area (Å²) in [6.45, 7) is 2.47. The quantitative estimate of drug-likeness (QED) is 0.201. The van der Waals surface area contributed by atoms with Crippen LogP contribution in [0.4, 0.5) is 10.1 Å². The van der Waals surface area contributed by atoms with Crippen LogP contribution in [0.5, 0.6) is 11.5 Å². The number of nitro groups is 1. The zero-order valence-corrected chi connectivity index (χ0v) is 18.1. The van der Waals surface area contributed by atoms with Crippen LogP contribution in [-0.4, -0.2) is 23.4 Å². The molecule has 0 aliphatic carbocycles. The molecule has 4 rings (SSSR count). The molecule has 0 aromatic heterocycles. The molecule has 0 fully saturated rings. The Morgan fingerprint density at radius 2 is 1.76 bits per heavy atom. The summed E-state index contributed by atoms with van der Waals surface area (Å²) in [5.74, 6) is 0.0849. The maximum atomic E-state index is 13.1. The number of rotatable bonds is 8. The fourth-order valence-electron chi connectivity index (χ4n) is 3.16. The number of aliphatic imine (C=N–C) groups is 1. The molecule has 0 spiro atoms. The van der Waals surface area contributed by atoms with E-state index in [0.717, 1.165) is 5.56 Å². The van der Waals surface area contributed by atoms with Gasteiger partial charge in [0.05, 0.1) is 11.5 Å². The second-order valence-corrected chi connectivity index (χ2v) is 7.19. The largest absolute Gasteiger partial charge is 0.490 e. The monoisotopic (exact) mass is 462 g/mol. The minimum atomic E-state index is -0.636. The molecule has 0 radical (unpaired) electrons. The van der Waals surface area contributed by atoms with Crippen LogP contribution in [0.1, 0.15) is 23.6 Å². The van der Waals surface area contributed by atoms with Gasteiger partial charge in [0.25, 0.3) is 5.69 Å². The molecule has 9 heteroatoms. The van der Waals surface area contributed by atoms with Gasteiger partial charge in [-0.2, -0.15) is 0 Å². The lowest BCUT2D eigenvalue weighted by atomic mass is 10.1. The number of halogens is 1. The molecule has 1 aliphatic rings. The molecule has 0 bridgehead atoms. The van der Waals surface area contributed by atoms with Crippen LogP contribution in [0.2, 0.25) is 0 Å². The fraction of sp³-hybridized carbons (Fsp3) is 0.120.